The van der Waals surface area contributed by atoms with Crippen LogP contribution in [0.25, 0.3) is 0 Å². The molecule has 0 aliphatic rings. The van der Waals surface area contributed by atoms with Crippen LogP contribution in [0.3, 0.4) is 0 Å². The van der Waals surface area contributed by atoms with Crippen LogP contribution >= 0.6 is 22.6 Å². The van der Waals surface area contributed by atoms with Crippen molar-refractivity contribution in [3.8, 4) is 0 Å². The zero-order valence-corrected chi connectivity index (χ0v) is 11.0. The fourth-order valence-electron chi connectivity index (χ4n) is 1.45. The van der Waals surface area contributed by atoms with Gasteiger partial charge in [-0.2, -0.15) is 0 Å². The largest absolute Gasteiger partial charge is 0.454 e. The fraction of sp³-hybridized carbons (Fsp3) is 0.167. The Kier molecular flexibility index (Phi) is 4.11. The summed E-state index contributed by atoms with van der Waals surface area (Å²) >= 11 is 2.07. The van der Waals surface area contributed by atoms with Gasteiger partial charge in [-0.15, -0.1) is 0 Å². The van der Waals surface area contributed by atoms with Crippen molar-refractivity contribution in [3.05, 3.63) is 57.1 Å². The van der Waals surface area contributed by atoms with Gasteiger partial charge in [0.25, 0.3) is 0 Å². The molecule has 0 saturated heterocycles. The lowest BCUT2D eigenvalue weighted by molar-refractivity contribution is 0.460. The summed E-state index contributed by atoms with van der Waals surface area (Å²) in [6.45, 7) is 0.750. The van der Waals surface area contributed by atoms with Crippen molar-refractivity contribution in [1.29, 1.82) is 0 Å². The first-order chi connectivity index (χ1) is 8.15. The topological polar surface area (TPSA) is 25.2 Å². The minimum absolute atomic E-state index is 0.265. The van der Waals surface area contributed by atoms with Gasteiger partial charge in [0.05, 0.1) is 6.54 Å². The molecule has 5 heteroatoms. The Bertz CT molecular complexity index is 513. The summed E-state index contributed by atoms with van der Waals surface area (Å²) in [5, 5.41) is 3.00. The molecular weight excluding hydrogens is 339 g/mol. The van der Waals surface area contributed by atoms with Gasteiger partial charge in [-0.1, -0.05) is 0 Å². The molecule has 0 atom stereocenters. The minimum atomic E-state index is -0.434. The minimum Gasteiger partial charge on any atom is -0.454 e. The van der Waals surface area contributed by atoms with E-state index in [4.69, 9.17) is 4.42 Å². The van der Waals surface area contributed by atoms with E-state index in [1.807, 2.05) is 12.1 Å². The molecule has 2 aromatic rings. The molecule has 1 aromatic heterocycles. The van der Waals surface area contributed by atoms with E-state index in [1.54, 1.807) is 0 Å². The smallest absolute Gasteiger partial charge is 0.164 e. The summed E-state index contributed by atoms with van der Waals surface area (Å²) in [5.41, 5.74) is 0.311. The normalized spacial score (nSPS) is 10.8. The van der Waals surface area contributed by atoms with Crippen molar-refractivity contribution in [3.63, 3.8) is 0 Å². The number of benzene rings is 1. The number of hydrogen-bond donors (Lipinski definition) is 1. The summed E-state index contributed by atoms with van der Waals surface area (Å²) in [5.74, 6) is -0.0742. The van der Waals surface area contributed by atoms with Crippen LogP contribution in [0, 0.1) is 15.4 Å². The fourth-order valence-corrected chi connectivity index (χ4v) is 1.91. The predicted molar refractivity (Wildman–Crippen MR) is 68.3 cm³/mol. The summed E-state index contributed by atoms with van der Waals surface area (Å²) in [6, 6.07) is 7.11. The zero-order valence-electron chi connectivity index (χ0n) is 8.84. The molecule has 0 aliphatic heterocycles. The number of nitrogens with one attached hydrogen (secondary N) is 1. The predicted octanol–water partition coefficient (Wildman–Crippen LogP) is 3.45. The average Bonchev–Trinajstić information content (AvgIpc) is 2.69. The first-order valence-electron chi connectivity index (χ1n) is 5.04. The first-order valence-corrected chi connectivity index (χ1v) is 6.12. The van der Waals surface area contributed by atoms with Crippen molar-refractivity contribution >= 4 is 22.6 Å². The molecule has 2 rings (SSSR count). The molecule has 0 radical (unpaired) electrons. The van der Waals surface area contributed by atoms with Gasteiger partial charge in [0, 0.05) is 12.1 Å². The Morgan fingerprint density at radius 1 is 1.12 bits per heavy atom. The Hall–Kier alpha value is -0.950. The van der Waals surface area contributed by atoms with Crippen LogP contribution in [0.5, 0.6) is 0 Å². The summed E-state index contributed by atoms with van der Waals surface area (Å²) < 4.78 is 32.3. The Balaban J connectivity index is 1.91. The van der Waals surface area contributed by atoms with E-state index in [9.17, 15) is 8.78 Å². The molecule has 0 fully saturated rings. The van der Waals surface area contributed by atoms with Crippen LogP contribution in [0.4, 0.5) is 8.78 Å². The molecule has 0 unspecified atom stereocenters. The molecule has 0 amide bonds. The summed E-state index contributed by atoms with van der Waals surface area (Å²) in [6.07, 6.45) is 0. The number of rotatable bonds is 4. The number of halogens is 3. The second-order valence-corrected chi connectivity index (χ2v) is 4.61. The maximum Gasteiger partial charge on any atom is 0.164 e. The molecule has 0 spiro atoms. The molecule has 2 nitrogen and oxygen atoms in total. The van der Waals surface area contributed by atoms with E-state index in [0.717, 1.165) is 21.7 Å². The average molecular weight is 349 g/mol. The quantitative estimate of drug-likeness (QED) is 0.856. The highest BCUT2D eigenvalue weighted by molar-refractivity contribution is 14.1. The Morgan fingerprint density at radius 2 is 1.94 bits per heavy atom. The van der Waals surface area contributed by atoms with Gasteiger partial charge in [-0.25, -0.2) is 8.78 Å². The van der Waals surface area contributed by atoms with Crippen LogP contribution in [-0.4, -0.2) is 0 Å². The van der Waals surface area contributed by atoms with Gasteiger partial charge in [-0.05, 0) is 52.9 Å². The van der Waals surface area contributed by atoms with Crippen LogP contribution < -0.4 is 5.32 Å². The molecule has 1 heterocycles. The standard InChI is InChI=1S/C12H10F2INO/c13-9-1-3-11(14)8(5-9)6-16-7-10-2-4-12(15)17-10/h1-5,16H,6-7H2. The lowest BCUT2D eigenvalue weighted by atomic mass is 10.2. The maximum atomic E-state index is 13.3. The molecule has 0 saturated carbocycles. The van der Waals surface area contributed by atoms with Gasteiger partial charge in [0.2, 0.25) is 0 Å². The van der Waals surface area contributed by atoms with Gasteiger partial charge in [-0.3, -0.25) is 0 Å². The Morgan fingerprint density at radius 3 is 2.65 bits per heavy atom. The van der Waals surface area contributed by atoms with Crippen LogP contribution in [0.1, 0.15) is 11.3 Å². The van der Waals surface area contributed by atoms with E-state index in [1.165, 1.54) is 6.07 Å². The molecule has 1 N–H and O–H groups in total. The lowest BCUT2D eigenvalue weighted by Crippen LogP contribution is -2.13. The van der Waals surface area contributed by atoms with Crippen LogP contribution in [0.15, 0.2) is 34.7 Å². The van der Waals surface area contributed by atoms with Crippen molar-refractivity contribution in [2.75, 3.05) is 0 Å². The van der Waals surface area contributed by atoms with E-state index in [-0.39, 0.29) is 6.54 Å². The SMILES string of the molecule is Fc1ccc(F)c(CNCc2ccc(I)o2)c1. The van der Waals surface area contributed by atoms with Crippen molar-refractivity contribution in [2.45, 2.75) is 13.1 Å². The molecule has 0 aliphatic carbocycles. The highest BCUT2D eigenvalue weighted by Crippen LogP contribution is 2.11. The third kappa shape index (κ3) is 3.50. The second kappa shape index (κ2) is 5.59. The monoisotopic (exact) mass is 349 g/mol. The molecule has 17 heavy (non-hydrogen) atoms. The lowest BCUT2D eigenvalue weighted by Gasteiger charge is -2.04. The van der Waals surface area contributed by atoms with E-state index >= 15 is 0 Å². The van der Waals surface area contributed by atoms with E-state index in [2.05, 4.69) is 27.9 Å². The molecule has 0 bridgehead atoms. The number of hydrogen-bond acceptors (Lipinski definition) is 2. The highest BCUT2D eigenvalue weighted by Gasteiger charge is 2.04. The van der Waals surface area contributed by atoms with Gasteiger partial charge in [0.15, 0.2) is 3.77 Å². The Labute approximate surface area is 111 Å². The summed E-state index contributed by atoms with van der Waals surface area (Å²) in [7, 11) is 0. The second-order valence-electron chi connectivity index (χ2n) is 3.55. The van der Waals surface area contributed by atoms with Crippen LogP contribution in [-0.2, 0) is 13.1 Å². The summed E-state index contributed by atoms with van der Waals surface area (Å²) in [4.78, 5) is 0. The zero-order chi connectivity index (χ0) is 12.3. The first kappa shape index (κ1) is 12.5. The molecule has 1 aromatic carbocycles. The van der Waals surface area contributed by atoms with Crippen molar-refractivity contribution in [1.82, 2.24) is 5.32 Å². The van der Waals surface area contributed by atoms with E-state index < -0.39 is 11.6 Å². The van der Waals surface area contributed by atoms with Gasteiger partial charge in [0.1, 0.15) is 17.4 Å². The van der Waals surface area contributed by atoms with Crippen molar-refractivity contribution in [2.24, 2.45) is 0 Å². The van der Waals surface area contributed by atoms with Gasteiger partial charge < -0.3 is 9.73 Å². The highest BCUT2D eigenvalue weighted by atomic mass is 127. The third-order valence-corrected chi connectivity index (χ3v) is 2.83. The third-order valence-electron chi connectivity index (χ3n) is 2.25. The van der Waals surface area contributed by atoms with Crippen LogP contribution in [0.2, 0.25) is 0 Å². The van der Waals surface area contributed by atoms with Gasteiger partial charge >= 0.3 is 0 Å². The molecular formula is C12H10F2INO. The van der Waals surface area contributed by atoms with E-state index in [0.29, 0.717) is 12.1 Å². The van der Waals surface area contributed by atoms with Crippen molar-refractivity contribution < 1.29 is 13.2 Å². The molecule has 90 valence electrons. The maximum absolute atomic E-state index is 13.3. The number of furan rings is 1.